The monoisotopic (exact) mass is 703 g/mol. The van der Waals surface area contributed by atoms with Crippen LogP contribution < -0.4 is 4.90 Å². The zero-order chi connectivity index (χ0) is 36.0. The second-order valence-electron chi connectivity index (χ2n) is 14.7. The van der Waals surface area contributed by atoms with Gasteiger partial charge >= 0.3 is 0 Å². The maximum atomic E-state index is 6.28. The van der Waals surface area contributed by atoms with Crippen LogP contribution in [0.2, 0.25) is 0 Å². The van der Waals surface area contributed by atoms with Gasteiger partial charge in [-0.25, -0.2) is 4.98 Å². The minimum Gasteiger partial charge on any atom is -0.436 e. The molecular weight excluding hydrogens is 671 g/mol. The minimum absolute atomic E-state index is 0.270. The van der Waals surface area contributed by atoms with Gasteiger partial charge in [-0.2, -0.15) is 0 Å². The molecule has 0 amide bonds. The van der Waals surface area contributed by atoms with Gasteiger partial charge in [-0.3, -0.25) is 0 Å². The fourth-order valence-electron chi connectivity index (χ4n) is 9.21. The number of allylic oxidation sites excluding steroid dienone is 2. The number of hydrogen-bond donors (Lipinski definition) is 0. The lowest BCUT2D eigenvalue weighted by molar-refractivity contribution is 0.620. The van der Waals surface area contributed by atoms with Gasteiger partial charge in [0.15, 0.2) is 5.58 Å². The van der Waals surface area contributed by atoms with E-state index in [1.165, 1.54) is 49.9 Å². The highest BCUT2D eigenvalue weighted by Crippen LogP contribution is 2.49. The van der Waals surface area contributed by atoms with Crippen molar-refractivity contribution in [2.75, 3.05) is 4.90 Å². The predicted molar refractivity (Wildman–Crippen MR) is 228 cm³/mol. The maximum absolute atomic E-state index is 6.28. The summed E-state index contributed by atoms with van der Waals surface area (Å²) in [6.07, 6.45) is 9.07. The van der Waals surface area contributed by atoms with E-state index in [1.807, 2.05) is 36.4 Å². The smallest absolute Gasteiger partial charge is 0.227 e. The summed E-state index contributed by atoms with van der Waals surface area (Å²) >= 11 is 0. The van der Waals surface area contributed by atoms with Crippen LogP contribution in [0.5, 0.6) is 0 Å². The standard InChI is InChI=1S/C51H33N3O/c1-3-11-33(12-4-1)51-52-50-48(55-51)28-23-32-19-20-36-29-38(24-25-39(36)49(32)50)54-45-18-10-8-16-41(45)43-31-35(22-27-47(43)54)34-21-26-46-42(30-34)40-15-7-9-17-44(40)53(46)37-13-5-2-6-14-37/h1-31,40,44H. The first kappa shape index (κ1) is 30.3. The van der Waals surface area contributed by atoms with Crippen LogP contribution in [0.1, 0.15) is 11.5 Å². The van der Waals surface area contributed by atoms with Gasteiger partial charge in [0, 0.05) is 44.7 Å². The fourth-order valence-corrected chi connectivity index (χ4v) is 9.21. The van der Waals surface area contributed by atoms with Crippen molar-refractivity contribution in [1.82, 2.24) is 9.55 Å². The highest BCUT2D eigenvalue weighted by Gasteiger charge is 2.37. The lowest BCUT2D eigenvalue weighted by Gasteiger charge is -2.28. The molecular formula is C51H33N3O. The number of aromatic nitrogens is 2. The molecule has 0 radical (unpaired) electrons. The molecule has 0 saturated heterocycles. The third kappa shape index (κ3) is 4.55. The largest absolute Gasteiger partial charge is 0.436 e. The molecule has 0 saturated carbocycles. The number of nitrogens with zero attached hydrogens (tertiary/aromatic N) is 3. The number of para-hydroxylation sites is 2. The Hall–Kier alpha value is -7.17. The van der Waals surface area contributed by atoms with Crippen LogP contribution in [0.3, 0.4) is 0 Å². The first-order valence-corrected chi connectivity index (χ1v) is 19.0. The molecule has 4 heteroatoms. The van der Waals surface area contributed by atoms with Crippen molar-refractivity contribution >= 4 is 65.8 Å². The molecule has 2 aliphatic rings. The average Bonchev–Trinajstić information content (AvgIpc) is 3.94. The molecule has 0 bridgehead atoms. The van der Waals surface area contributed by atoms with E-state index in [4.69, 9.17) is 9.40 Å². The molecule has 2 atom stereocenters. The molecule has 8 aromatic carbocycles. The summed E-state index contributed by atoms with van der Waals surface area (Å²) in [4.78, 5) is 7.51. The summed E-state index contributed by atoms with van der Waals surface area (Å²) in [7, 11) is 0. The number of hydrogen-bond acceptors (Lipinski definition) is 3. The Morgan fingerprint density at radius 3 is 2.16 bits per heavy atom. The Balaban J connectivity index is 0.983. The third-order valence-corrected chi connectivity index (χ3v) is 11.7. The second kappa shape index (κ2) is 11.7. The van der Waals surface area contributed by atoms with E-state index in [2.05, 4.69) is 161 Å². The second-order valence-corrected chi connectivity index (χ2v) is 14.7. The van der Waals surface area contributed by atoms with Gasteiger partial charge in [0.05, 0.1) is 17.1 Å². The summed E-state index contributed by atoms with van der Waals surface area (Å²) in [5.74, 6) is 0.949. The van der Waals surface area contributed by atoms with E-state index in [-0.39, 0.29) is 6.04 Å². The summed E-state index contributed by atoms with van der Waals surface area (Å²) in [5.41, 5.74) is 12.5. The Bertz CT molecular complexity index is 3220. The van der Waals surface area contributed by atoms with Crippen LogP contribution in [0.25, 0.3) is 82.7 Å². The Labute approximate surface area is 317 Å². The van der Waals surface area contributed by atoms with Crippen LogP contribution in [0, 0.1) is 0 Å². The molecule has 1 aliphatic carbocycles. The third-order valence-electron chi connectivity index (χ3n) is 11.7. The van der Waals surface area contributed by atoms with E-state index in [9.17, 15) is 0 Å². The van der Waals surface area contributed by atoms with Crippen molar-refractivity contribution in [3.05, 3.63) is 194 Å². The molecule has 3 heterocycles. The van der Waals surface area contributed by atoms with Crippen LogP contribution in [-0.2, 0) is 0 Å². The van der Waals surface area contributed by atoms with E-state index >= 15 is 0 Å². The van der Waals surface area contributed by atoms with Crippen molar-refractivity contribution in [1.29, 1.82) is 0 Å². The zero-order valence-corrected chi connectivity index (χ0v) is 29.8. The zero-order valence-electron chi connectivity index (χ0n) is 29.8. The van der Waals surface area contributed by atoms with Gasteiger partial charge in [-0.05, 0) is 106 Å². The Morgan fingerprint density at radius 2 is 1.25 bits per heavy atom. The Kier molecular flexibility index (Phi) is 6.43. The number of rotatable bonds is 4. The summed E-state index contributed by atoms with van der Waals surface area (Å²) in [6, 6.07) is 59.4. The van der Waals surface area contributed by atoms with E-state index < -0.39 is 0 Å². The van der Waals surface area contributed by atoms with Crippen LogP contribution in [0.4, 0.5) is 11.4 Å². The fraction of sp³-hybridized carbons (Fsp3) is 0.0392. The van der Waals surface area contributed by atoms with Gasteiger partial charge in [0.25, 0.3) is 0 Å². The molecule has 258 valence electrons. The van der Waals surface area contributed by atoms with E-state index in [0.29, 0.717) is 11.8 Å². The van der Waals surface area contributed by atoms with Gasteiger partial charge < -0.3 is 13.9 Å². The quantitative estimate of drug-likeness (QED) is 0.171. The first-order chi connectivity index (χ1) is 27.3. The number of fused-ring (bicyclic) bond motifs is 11. The van der Waals surface area contributed by atoms with Crippen molar-refractivity contribution < 1.29 is 4.42 Å². The lowest BCUT2D eigenvalue weighted by Crippen LogP contribution is -2.28. The van der Waals surface area contributed by atoms with Gasteiger partial charge in [0.2, 0.25) is 5.89 Å². The van der Waals surface area contributed by atoms with Crippen molar-refractivity contribution in [2.45, 2.75) is 12.0 Å². The van der Waals surface area contributed by atoms with Crippen LogP contribution in [-0.4, -0.2) is 15.6 Å². The molecule has 0 spiro atoms. The Morgan fingerprint density at radius 1 is 0.509 bits per heavy atom. The highest BCUT2D eigenvalue weighted by molar-refractivity contribution is 6.19. The van der Waals surface area contributed by atoms with Gasteiger partial charge in [-0.1, -0.05) is 115 Å². The molecule has 2 unspecified atom stereocenters. The SMILES string of the molecule is C1=CC2c3cc(-c4ccc5c(c4)c4ccccc4n5-c4ccc5c(ccc6ccc7oc(-c8ccccc8)nc7c65)c4)ccc3N(c3ccccc3)C2C=C1. The number of oxazole rings is 1. The average molecular weight is 704 g/mol. The first-order valence-electron chi connectivity index (χ1n) is 19.0. The molecule has 1 aliphatic heterocycles. The topological polar surface area (TPSA) is 34.2 Å². The normalized spacial score (nSPS) is 16.2. The number of anilines is 2. The summed E-state index contributed by atoms with van der Waals surface area (Å²) in [6.45, 7) is 0. The molecule has 12 rings (SSSR count). The summed E-state index contributed by atoms with van der Waals surface area (Å²) < 4.78 is 8.69. The molecule has 2 aromatic heterocycles. The molecule has 55 heavy (non-hydrogen) atoms. The summed E-state index contributed by atoms with van der Waals surface area (Å²) in [5, 5.41) is 7.08. The van der Waals surface area contributed by atoms with Crippen molar-refractivity contribution in [2.24, 2.45) is 0 Å². The molecule has 10 aromatic rings. The van der Waals surface area contributed by atoms with E-state index in [0.717, 1.165) is 43.9 Å². The van der Waals surface area contributed by atoms with Gasteiger partial charge in [0.1, 0.15) is 5.52 Å². The molecule has 0 N–H and O–H groups in total. The van der Waals surface area contributed by atoms with Gasteiger partial charge in [-0.15, -0.1) is 0 Å². The molecule has 4 nitrogen and oxygen atoms in total. The number of benzene rings is 8. The maximum Gasteiger partial charge on any atom is 0.227 e. The van der Waals surface area contributed by atoms with Crippen LogP contribution in [0.15, 0.2) is 193 Å². The van der Waals surface area contributed by atoms with Crippen LogP contribution >= 0.6 is 0 Å². The molecule has 0 fully saturated rings. The predicted octanol–water partition coefficient (Wildman–Crippen LogP) is 13.3. The lowest BCUT2D eigenvalue weighted by atomic mass is 9.89. The highest BCUT2D eigenvalue weighted by atomic mass is 16.3. The van der Waals surface area contributed by atoms with Crippen molar-refractivity contribution in [3.8, 4) is 28.3 Å². The minimum atomic E-state index is 0.270. The van der Waals surface area contributed by atoms with Crippen molar-refractivity contribution in [3.63, 3.8) is 0 Å². The van der Waals surface area contributed by atoms with E-state index in [1.54, 1.807) is 0 Å².